The van der Waals surface area contributed by atoms with E-state index in [1.54, 1.807) is 13.2 Å². The van der Waals surface area contributed by atoms with E-state index >= 15 is 0 Å². The van der Waals surface area contributed by atoms with Gasteiger partial charge in [0.2, 0.25) is 5.78 Å². The summed E-state index contributed by atoms with van der Waals surface area (Å²) in [6.07, 6.45) is 0. The van der Waals surface area contributed by atoms with E-state index in [9.17, 15) is 4.79 Å². The maximum absolute atomic E-state index is 12.1. The second-order valence-corrected chi connectivity index (χ2v) is 5.29. The third kappa shape index (κ3) is 2.00. The van der Waals surface area contributed by atoms with Gasteiger partial charge in [-0.1, -0.05) is 0 Å². The van der Waals surface area contributed by atoms with Crippen LogP contribution in [0.1, 0.15) is 15.2 Å². The molecule has 0 radical (unpaired) electrons. The van der Waals surface area contributed by atoms with Crippen molar-refractivity contribution in [1.82, 2.24) is 0 Å². The number of hydrogen-bond acceptors (Lipinski definition) is 4. The van der Waals surface area contributed by atoms with Crippen molar-refractivity contribution in [2.24, 2.45) is 0 Å². The highest BCUT2D eigenvalue weighted by atomic mass is 79.9. The Hall–Kier alpha value is -0.650. The first-order chi connectivity index (χ1) is 7.24. The quantitative estimate of drug-likeness (QED) is 0.806. The molecule has 0 fully saturated rings. The number of ether oxygens (including phenoxy) is 1. The van der Waals surface area contributed by atoms with Crippen LogP contribution >= 0.6 is 38.6 Å². The molecular weight excluding hydrogens is 296 g/mol. The van der Waals surface area contributed by atoms with Gasteiger partial charge in [0.1, 0.15) is 10.6 Å². The predicted molar refractivity (Wildman–Crippen MR) is 66.3 cm³/mol. The molecule has 0 aliphatic heterocycles. The Morgan fingerprint density at radius 2 is 2.27 bits per heavy atom. The Morgan fingerprint density at radius 1 is 1.47 bits per heavy atom. The van der Waals surface area contributed by atoms with Gasteiger partial charge >= 0.3 is 0 Å². The summed E-state index contributed by atoms with van der Waals surface area (Å²) in [6, 6.07) is 1.80. The van der Waals surface area contributed by atoms with Crippen LogP contribution in [0.2, 0.25) is 0 Å². The average Bonchev–Trinajstić information content (AvgIpc) is 2.84. The van der Waals surface area contributed by atoms with E-state index in [1.807, 2.05) is 16.1 Å². The molecule has 0 aromatic carbocycles. The summed E-state index contributed by atoms with van der Waals surface area (Å²) in [6.45, 7) is 0. The molecule has 0 spiro atoms. The normalized spacial score (nSPS) is 10.3. The lowest BCUT2D eigenvalue weighted by molar-refractivity contribution is 0.103. The molecule has 0 N–H and O–H groups in total. The first kappa shape index (κ1) is 10.9. The van der Waals surface area contributed by atoms with E-state index in [0.29, 0.717) is 16.2 Å². The average molecular weight is 303 g/mol. The molecule has 0 bridgehead atoms. The lowest BCUT2D eigenvalue weighted by Gasteiger charge is -2.00. The summed E-state index contributed by atoms with van der Waals surface area (Å²) in [4.78, 5) is 12.7. The Balaban J connectivity index is 2.41. The molecule has 78 valence electrons. The van der Waals surface area contributed by atoms with Crippen LogP contribution in [-0.2, 0) is 0 Å². The van der Waals surface area contributed by atoms with Crippen LogP contribution in [0.3, 0.4) is 0 Å². The van der Waals surface area contributed by atoms with Gasteiger partial charge in [-0.15, -0.1) is 11.3 Å². The zero-order valence-corrected chi connectivity index (χ0v) is 11.0. The molecule has 2 aromatic heterocycles. The Bertz CT molecular complexity index is 487. The van der Waals surface area contributed by atoms with Crippen molar-refractivity contribution in [2.75, 3.05) is 7.11 Å². The molecule has 2 nitrogen and oxygen atoms in total. The second-order valence-electron chi connectivity index (χ2n) is 2.78. The number of carbonyl (C=O) groups excluding carboxylic acids is 1. The Kier molecular flexibility index (Phi) is 3.23. The van der Waals surface area contributed by atoms with Gasteiger partial charge in [-0.05, 0) is 27.4 Å². The molecule has 0 amide bonds. The van der Waals surface area contributed by atoms with E-state index in [0.717, 1.165) is 4.47 Å². The zero-order valence-electron chi connectivity index (χ0n) is 7.82. The first-order valence-corrected chi connectivity index (χ1v) is 6.73. The van der Waals surface area contributed by atoms with Gasteiger partial charge in [-0.25, -0.2) is 0 Å². The van der Waals surface area contributed by atoms with E-state index in [2.05, 4.69) is 15.9 Å². The standard InChI is InChI=1S/C10H7BrO2S2/c1-13-8-2-3-15-10(8)9(12)6-4-14-5-7(6)11/h2-5H,1H3. The minimum Gasteiger partial charge on any atom is -0.495 e. The molecule has 2 aromatic rings. The fourth-order valence-corrected chi connectivity index (χ4v) is 3.46. The van der Waals surface area contributed by atoms with Crippen molar-refractivity contribution in [3.05, 3.63) is 37.1 Å². The van der Waals surface area contributed by atoms with Gasteiger partial charge in [0, 0.05) is 20.8 Å². The third-order valence-corrected chi connectivity index (χ3v) is 4.51. The molecule has 15 heavy (non-hydrogen) atoms. The van der Waals surface area contributed by atoms with Crippen LogP contribution in [0.5, 0.6) is 5.75 Å². The number of carbonyl (C=O) groups is 1. The van der Waals surface area contributed by atoms with Crippen molar-refractivity contribution < 1.29 is 9.53 Å². The van der Waals surface area contributed by atoms with E-state index < -0.39 is 0 Å². The van der Waals surface area contributed by atoms with Crippen molar-refractivity contribution in [3.63, 3.8) is 0 Å². The van der Waals surface area contributed by atoms with Crippen molar-refractivity contribution in [2.45, 2.75) is 0 Å². The van der Waals surface area contributed by atoms with Crippen LogP contribution in [0.15, 0.2) is 26.7 Å². The summed E-state index contributed by atoms with van der Waals surface area (Å²) < 4.78 is 5.96. The highest BCUT2D eigenvalue weighted by molar-refractivity contribution is 9.10. The number of ketones is 1. The fraction of sp³-hybridized carbons (Fsp3) is 0.100. The number of hydrogen-bond donors (Lipinski definition) is 0. The number of methoxy groups -OCH3 is 1. The molecule has 0 aliphatic rings. The Morgan fingerprint density at radius 3 is 2.87 bits per heavy atom. The molecule has 2 rings (SSSR count). The maximum Gasteiger partial charge on any atom is 0.208 e. The van der Waals surface area contributed by atoms with Crippen LogP contribution in [0, 0.1) is 0 Å². The fourth-order valence-electron chi connectivity index (χ4n) is 1.19. The maximum atomic E-state index is 12.1. The summed E-state index contributed by atoms with van der Waals surface area (Å²) >= 11 is 6.25. The zero-order chi connectivity index (χ0) is 10.8. The topological polar surface area (TPSA) is 26.3 Å². The summed E-state index contributed by atoms with van der Waals surface area (Å²) in [5, 5.41) is 5.59. The van der Waals surface area contributed by atoms with Gasteiger partial charge in [0.25, 0.3) is 0 Å². The first-order valence-electron chi connectivity index (χ1n) is 4.12. The molecule has 0 saturated heterocycles. The molecule has 0 unspecified atom stereocenters. The van der Waals surface area contributed by atoms with Crippen LogP contribution in [0.25, 0.3) is 0 Å². The highest BCUT2D eigenvalue weighted by Gasteiger charge is 2.18. The summed E-state index contributed by atoms with van der Waals surface area (Å²) in [7, 11) is 1.57. The van der Waals surface area contributed by atoms with Crippen LogP contribution in [0.4, 0.5) is 0 Å². The molecular formula is C10H7BrO2S2. The molecule has 2 heterocycles. The lowest BCUT2D eigenvalue weighted by Crippen LogP contribution is -1.99. The molecule has 0 atom stereocenters. The Labute approximate surface area is 104 Å². The molecule has 0 saturated carbocycles. The predicted octanol–water partition coefficient (Wildman–Crippen LogP) is 3.81. The molecule has 5 heteroatoms. The third-order valence-electron chi connectivity index (χ3n) is 1.91. The van der Waals surface area contributed by atoms with Crippen molar-refractivity contribution >= 4 is 44.4 Å². The molecule has 0 aliphatic carbocycles. The van der Waals surface area contributed by atoms with Gasteiger partial charge in [0.05, 0.1) is 7.11 Å². The minimum atomic E-state index is 0.00924. The second kappa shape index (κ2) is 4.47. The van der Waals surface area contributed by atoms with Crippen molar-refractivity contribution in [1.29, 1.82) is 0 Å². The highest BCUT2D eigenvalue weighted by Crippen LogP contribution is 2.31. The van der Waals surface area contributed by atoms with Crippen LogP contribution < -0.4 is 4.74 Å². The van der Waals surface area contributed by atoms with E-state index in [1.165, 1.54) is 22.7 Å². The number of rotatable bonds is 3. The number of thiophene rings is 2. The van der Waals surface area contributed by atoms with Gasteiger partial charge in [-0.2, -0.15) is 11.3 Å². The largest absolute Gasteiger partial charge is 0.495 e. The van der Waals surface area contributed by atoms with Gasteiger partial charge < -0.3 is 4.74 Å². The summed E-state index contributed by atoms with van der Waals surface area (Å²) in [5.74, 6) is 0.651. The summed E-state index contributed by atoms with van der Waals surface area (Å²) in [5.41, 5.74) is 0.695. The monoisotopic (exact) mass is 302 g/mol. The smallest absolute Gasteiger partial charge is 0.208 e. The van der Waals surface area contributed by atoms with Crippen molar-refractivity contribution in [3.8, 4) is 5.75 Å². The number of halogens is 1. The van der Waals surface area contributed by atoms with E-state index in [-0.39, 0.29) is 5.78 Å². The van der Waals surface area contributed by atoms with Crippen LogP contribution in [-0.4, -0.2) is 12.9 Å². The lowest BCUT2D eigenvalue weighted by atomic mass is 10.2. The van der Waals surface area contributed by atoms with Gasteiger partial charge in [-0.3, -0.25) is 4.79 Å². The van der Waals surface area contributed by atoms with E-state index in [4.69, 9.17) is 4.74 Å². The van der Waals surface area contributed by atoms with Gasteiger partial charge in [0.15, 0.2) is 0 Å². The minimum absolute atomic E-state index is 0.00924. The SMILES string of the molecule is COc1ccsc1C(=O)c1cscc1Br.